The van der Waals surface area contributed by atoms with E-state index in [1.54, 1.807) is 55.5 Å². The zero-order valence-corrected chi connectivity index (χ0v) is 20.7. The number of β-amino-alcohol motifs (C(OH)–C–C–N with tert-alkyl or cyclic N) is 1. The summed E-state index contributed by atoms with van der Waals surface area (Å²) in [6, 6.07) is 8.09. The van der Waals surface area contributed by atoms with E-state index in [0.29, 0.717) is 29.7 Å². The van der Waals surface area contributed by atoms with Gasteiger partial charge >= 0.3 is 5.69 Å². The Labute approximate surface area is 207 Å². The van der Waals surface area contributed by atoms with Crippen LogP contribution in [0.25, 0.3) is 11.0 Å². The van der Waals surface area contributed by atoms with Crippen LogP contribution in [0.5, 0.6) is 0 Å². The fourth-order valence-corrected chi connectivity index (χ4v) is 4.52. The summed E-state index contributed by atoms with van der Waals surface area (Å²) in [6.45, 7) is 5.44. The number of anilines is 3. The minimum absolute atomic E-state index is 0.0197. The van der Waals surface area contributed by atoms with E-state index in [4.69, 9.17) is 0 Å². The molecule has 192 valence electrons. The lowest BCUT2D eigenvalue weighted by molar-refractivity contribution is 0.0348. The number of nitrogens with one attached hydrogen (secondary N) is 1. The van der Waals surface area contributed by atoms with Crippen molar-refractivity contribution in [1.82, 2.24) is 14.1 Å². The Morgan fingerprint density at radius 3 is 2.64 bits per heavy atom. The largest absolute Gasteiger partial charge is 0.390 e. The SMILES string of the molecule is C[C@@H]1CN(c2nc(Nc3ccc4c(c3)n(CCC(C)(C)O)c(=O)n4C)c(F)cc2C#N)C[C@H](O)[C@@H]1F. The molecule has 0 spiro atoms. The third kappa shape index (κ3) is 4.92. The number of imidazole rings is 1. The molecule has 2 aromatic heterocycles. The predicted molar refractivity (Wildman–Crippen MR) is 133 cm³/mol. The Kier molecular flexibility index (Phi) is 6.77. The van der Waals surface area contributed by atoms with Gasteiger partial charge in [-0.3, -0.25) is 9.13 Å². The summed E-state index contributed by atoms with van der Waals surface area (Å²) in [5.74, 6) is -1.24. The Bertz CT molecular complexity index is 1380. The Hall–Kier alpha value is -3.49. The molecule has 1 aliphatic heterocycles. The molecule has 1 aromatic carbocycles. The molecule has 11 heteroatoms. The van der Waals surface area contributed by atoms with Gasteiger partial charge < -0.3 is 20.4 Å². The lowest BCUT2D eigenvalue weighted by Crippen LogP contribution is -2.50. The van der Waals surface area contributed by atoms with Crippen LogP contribution in [0.4, 0.5) is 26.1 Å². The second-order valence-electron chi connectivity index (χ2n) is 10.1. The molecule has 0 aliphatic carbocycles. The molecule has 1 fully saturated rings. The van der Waals surface area contributed by atoms with Crippen molar-refractivity contribution in [2.75, 3.05) is 23.3 Å². The normalized spacial score (nSPS) is 20.5. The van der Waals surface area contributed by atoms with Crippen LogP contribution in [0, 0.1) is 23.1 Å². The van der Waals surface area contributed by atoms with Gasteiger partial charge in [-0.1, -0.05) is 6.92 Å². The van der Waals surface area contributed by atoms with Crippen LogP contribution in [0.15, 0.2) is 29.1 Å². The quantitative estimate of drug-likeness (QED) is 0.476. The van der Waals surface area contributed by atoms with E-state index in [0.717, 1.165) is 6.07 Å². The van der Waals surface area contributed by atoms with E-state index >= 15 is 0 Å². The molecular weight excluding hydrogens is 470 g/mol. The van der Waals surface area contributed by atoms with Gasteiger partial charge in [-0.15, -0.1) is 0 Å². The molecule has 0 saturated carbocycles. The van der Waals surface area contributed by atoms with E-state index in [-0.39, 0.29) is 36.0 Å². The maximum absolute atomic E-state index is 14.9. The first-order valence-corrected chi connectivity index (χ1v) is 11.8. The van der Waals surface area contributed by atoms with E-state index in [9.17, 15) is 29.1 Å². The monoisotopic (exact) mass is 500 g/mol. The van der Waals surface area contributed by atoms with Crippen molar-refractivity contribution in [1.29, 1.82) is 5.26 Å². The van der Waals surface area contributed by atoms with Gasteiger partial charge in [0, 0.05) is 38.3 Å². The summed E-state index contributed by atoms with van der Waals surface area (Å²) in [5, 5.41) is 32.6. The second kappa shape index (κ2) is 9.52. The predicted octanol–water partition coefficient (Wildman–Crippen LogP) is 2.81. The third-order valence-electron chi connectivity index (χ3n) is 6.56. The summed E-state index contributed by atoms with van der Waals surface area (Å²) >= 11 is 0. The first kappa shape index (κ1) is 25.6. The van der Waals surface area contributed by atoms with Gasteiger partial charge in [-0.2, -0.15) is 5.26 Å². The average molecular weight is 501 g/mol. The molecule has 3 aromatic rings. The average Bonchev–Trinajstić information content (AvgIpc) is 3.05. The molecule has 0 bridgehead atoms. The number of aromatic nitrogens is 3. The lowest BCUT2D eigenvalue weighted by atomic mass is 9.95. The van der Waals surface area contributed by atoms with Gasteiger partial charge in [0.1, 0.15) is 24.2 Å². The van der Waals surface area contributed by atoms with Crippen LogP contribution in [-0.4, -0.2) is 55.3 Å². The maximum Gasteiger partial charge on any atom is 0.328 e. The molecule has 0 amide bonds. The number of benzene rings is 1. The van der Waals surface area contributed by atoms with E-state index in [1.807, 2.05) is 6.07 Å². The molecule has 1 saturated heterocycles. The topological polar surface area (TPSA) is 119 Å². The van der Waals surface area contributed by atoms with Gasteiger partial charge in [-0.05, 0) is 44.5 Å². The molecule has 1 aliphatic rings. The number of aliphatic hydroxyl groups is 2. The summed E-state index contributed by atoms with van der Waals surface area (Å²) in [5.41, 5.74) is 0.530. The number of piperidine rings is 1. The van der Waals surface area contributed by atoms with Crippen LogP contribution < -0.4 is 15.9 Å². The second-order valence-corrected chi connectivity index (χ2v) is 10.1. The summed E-state index contributed by atoms with van der Waals surface area (Å²) < 4.78 is 32.1. The molecule has 36 heavy (non-hydrogen) atoms. The molecule has 3 atom stereocenters. The molecule has 9 nitrogen and oxygen atoms in total. The van der Waals surface area contributed by atoms with Crippen molar-refractivity contribution in [2.24, 2.45) is 13.0 Å². The standard InChI is InChI=1S/C25H30F2N6O3/c1-14-12-32(13-20(34)21(14)27)23-15(11-28)9-17(26)22(30-23)29-16-5-6-18-19(10-16)33(24(35)31(18)4)8-7-25(2,3)36/h5-6,9-10,14,20-21,34,36H,7-8,12-13H2,1-4H3,(H,29,30)/t14-,20+,21-/m1/s1. The number of aliphatic hydroxyl groups excluding tert-OH is 1. The van der Waals surface area contributed by atoms with Crippen molar-refractivity contribution in [3.63, 3.8) is 0 Å². The van der Waals surface area contributed by atoms with Crippen molar-refractivity contribution >= 4 is 28.4 Å². The first-order chi connectivity index (χ1) is 16.9. The smallest absolute Gasteiger partial charge is 0.328 e. The van der Waals surface area contributed by atoms with E-state index in [1.165, 1.54) is 4.57 Å². The van der Waals surface area contributed by atoms with E-state index in [2.05, 4.69) is 10.3 Å². The highest BCUT2D eigenvalue weighted by molar-refractivity contribution is 5.81. The Morgan fingerprint density at radius 1 is 1.28 bits per heavy atom. The number of halogens is 2. The lowest BCUT2D eigenvalue weighted by Gasteiger charge is -2.37. The molecule has 0 unspecified atom stereocenters. The molecule has 0 radical (unpaired) electrons. The minimum Gasteiger partial charge on any atom is -0.390 e. The number of nitrogens with zero attached hydrogens (tertiary/aromatic N) is 5. The van der Waals surface area contributed by atoms with Gasteiger partial charge in [-0.25, -0.2) is 18.6 Å². The number of hydrogen-bond donors (Lipinski definition) is 3. The van der Waals surface area contributed by atoms with Gasteiger partial charge in [0.05, 0.1) is 22.2 Å². The van der Waals surface area contributed by atoms with E-state index < -0.39 is 29.6 Å². The number of hydrogen-bond acceptors (Lipinski definition) is 7. The van der Waals surface area contributed by atoms with Crippen LogP contribution in [0.3, 0.4) is 0 Å². The third-order valence-corrected chi connectivity index (χ3v) is 6.56. The molecule has 3 N–H and O–H groups in total. The number of alkyl halides is 1. The molecule has 4 rings (SSSR count). The van der Waals surface area contributed by atoms with Crippen molar-refractivity contribution in [2.45, 2.75) is 51.6 Å². The molecular formula is C25H30F2N6O3. The molecule has 3 heterocycles. The summed E-state index contributed by atoms with van der Waals surface area (Å²) in [6.07, 6.45) is -2.28. The van der Waals surface area contributed by atoms with Gasteiger partial charge in [0.15, 0.2) is 11.6 Å². The van der Waals surface area contributed by atoms with Crippen molar-refractivity contribution < 1.29 is 19.0 Å². The fourth-order valence-electron chi connectivity index (χ4n) is 4.52. The Morgan fingerprint density at radius 2 is 2.00 bits per heavy atom. The number of rotatable bonds is 6. The number of aryl methyl sites for hydroxylation is 2. The summed E-state index contributed by atoms with van der Waals surface area (Å²) in [7, 11) is 1.66. The minimum atomic E-state index is -1.39. The fraction of sp³-hybridized carbons (Fsp3) is 0.480. The van der Waals surface area contributed by atoms with Gasteiger partial charge in [0.25, 0.3) is 0 Å². The number of fused-ring (bicyclic) bond motifs is 1. The van der Waals surface area contributed by atoms with Crippen LogP contribution >= 0.6 is 0 Å². The summed E-state index contributed by atoms with van der Waals surface area (Å²) in [4.78, 5) is 18.7. The number of nitriles is 1. The zero-order valence-electron chi connectivity index (χ0n) is 20.7. The van der Waals surface area contributed by atoms with Crippen LogP contribution in [0.1, 0.15) is 32.8 Å². The highest BCUT2D eigenvalue weighted by Crippen LogP contribution is 2.30. The van der Waals surface area contributed by atoms with Crippen LogP contribution in [0.2, 0.25) is 0 Å². The maximum atomic E-state index is 14.9. The highest BCUT2D eigenvalue weighted by Gasteiger charge is 2.35. The van der Waals surface area contributed by atoms with Crippen molar-refractivity contribution in [3.05, 3.63) is 46.1 Å². The highest BCUT2D eigenvalue weighted by atomic mass is 19.1. The number of pyridine rings is 1. The first-order valence-electron chi connectivity index (χ1n) is 11.8. The van der Waals surface area contributed by atoms with Crippen molar-refractivity contribution in [3.8, 4) is 6.07 Å². The Balaban J connectivity index is 1.70. The van der Waals surface area contributed by atoms with Gasteiger partial charge in [0.2, 0.25) is 0 Å². The van der Waals surface area contributed by atoms with Crippen LogP contribution in [-0.2, 0) is 13.6 Å². The zero-order chi connectivity index (χ0) is 26.4.